The van der Waals surface area contributed by atoms with Gasteiger partial charge in [-0.2, -0.15) is 0 Å². The number of halogens is 1. The van der Waals surface area contributed by atoms with Crippen LogP contribution in [0, 0.1) is 10.1 Å². The first-order valence-electron chi connectivity index (χ1n) is 6.46. The lowest BCUT2D eigenvalue weighted by atomic mass is 10.3. The molecule has 8 heteroatoms. The van der Waals surface area contributed by atoms with E-state index in [1.807, 2.05) is 6.92 Å². The number of carbonyl (C=O) groups excluding carboxylic acids is 1. The minimum absolute atomic E-state index is 0.0136. The Balaban J connectivity index is 2.82. The molecule has 0 aliphatic rings. The molecule has 0 aliphatic heterocycles. The predicted molar refractivity (Wildman–Crippen MR) is 77.7 cm³/mol. The molecule has 0 fully saturated rings. The van der Waals surface area contributed by atoms with E-state index in [1.54, 1.807) is 6.92 Å². The number of hydrogen-bond donors (Lipinski definition) is 1. The van der Waals surface area contributed by atoms with E-state index >= 15 is 0 Å². The second-order valence-corrected chi connectivity index (χ2v) is 4.48. The van der Waals surface area contributed by atoms with E-state index in [0.717, 1.165) is 0 Å². The molecule has 0 aliphatic carbocycles. The minimum atomic E-state index is -0.700. The summed E-state index contributed by atoms with van der Waals surface area (Å²) in [5.41, 5.74) is -0.210. The average molecular weight is 317 g/mol. The van der Waals surface area contributed by atoms with Gasteiger partial charge in [-0.1, -0.05) is 18.5 Å². The summed E-state index contributed by atoms with van der Waals surface area (Å²) in [5, 5.41) is 14.1. The van der Waals surface area contributed by atoms with Gasteiger partial charge in [0.05, 0.1) is 11.5 Å². The fourth-order valence-corrected chi connectivity index (χ4v) is 1.79. The van der Waals surface area contributed by atoms with E-state index in [2.05, 4.69) is 5.32 Å². The van der Waals surface area contributed by atoms with Gasteiger partial charge in [0, 0.05) is 17.2 Å². The third-order valence-electron chi connectivity index (χ3n) is 2.55. The van der Waals surface area contributed by atoms with Crippen molar-refractivity contribution in [3.05, 3.63) is 33.3 Å². The van der Waals surface area contributed by atoms with Crippen molar-refractivity contribution in [3.63, 3.8) is 0 Å². The van der Waals surface area contributed by atoms with Gasteiger partial charge in [-0.3, -0.25) is 14.9 Å². The molecule has 1 aromatic carbocycles. The van der Waals surface area contributed by atoms with Crippen LogP contribution >= 0.6 is 11.6 Å². The van der Waals surface area contributed by atoms with Crippen molar-refractivity contribution >= 4 is 23.3 Å². The van der Waals surface area contributed by atoms with Crippen LogP contribution in [0.4, 0.5) is 5.69 Å². The molecular formula is C13H17ClN2O5. The van der Waals surface area contributed by atoms with E-state index in [9.17, 15) is 14.9 Å². The van der Waals surface area contributed by atoms with Gasteiger partial charge in [-0.05, 0) is 19.5 Å². The van der Waals surface area contributed by atoms with Crippen LogP contribution in [0.25, 0.3) is 0 Å². The number of nitro benzene ring substituents is 1. The van der Waals surface area contributed by atoms with Crippen molar-refractivity contribution in [3.8, 4) is 5.75 Å². The van der Waals surface area contributed by atoms with Gasteiger partial charge >= 0.3 is 11.7 Å². The first kappa shape index (κ1) is 17.2. The first-order chi connectivity index (χ1) is 9.99. The number of rotatable bonds is 8. The number of carbonyl (C=O) groups is 1. The lowest BCUT2D eigenvalue weighted by molar-refractivity contribution is -0.385. The molecule has 0 amide bonds. The highest BCUT2D eigenvalue weighted by atomic mass is 35.5. The highest BCUT2D eigenvalue weighted by molar-refractivity contribution is 6.30. The molecule has 21 heavy (non-hydrogen) atoms. The third kappa shape index (κ3) is 5.20. The number of hydrogen-bond acceptors (Lipinski definition) is 6. The number of nitro groups is 1. The van der Waals surface area contributed by atoms with E-state index in [4.69, 9.17) is 21.1 Å². The minimum Gasteiger partial charge on any atom is -0.484 e. The summed E-state index contributed by atoms with van der Waals surface area (Å²) < 4.78 is 10.3. The summed E-state index contributed by atoms with van der Waals surface area (Å²) in [4.78, 5) is 22.1. The molecule has 0 heterocycles. The Morgan fingerprint density at radius 3 is 2.76 bits per heavy atom. The van der Waals surface area contributed by atoms with Crippen LogP contribution in [-0.2, 0) is 9.53 Å². The van der Waals surface area contributed by atoms with Crippen molar-refractivity contribution < 1.29 is 19.2 Å². The molecule has 0 aromatic heterocycles. The van der Waals surface area contributed by atoms with Crippen LogP contribution in [0.3, 0.4) is 0 Å². The molecule has 0 radical (unpaired) electrons. The molecule has 7 nitrogen and oxygen atoms in total. The van der Waals surface area contributed by atoms with Crippen LogP contribution in [-0.4, -0.2) is 36.7 Å². The SMILES string of the molecule is CCNC(COc1cc(Cl)ccc1[N+](=O)[O-])C(=O)OCC. The van der Waals surface area contributed by atoms with Gasteiger partial charge < -0.3 is 14.8 Å². The maximum Gasteiger partial charge on any atom is 0.326 e. The van der Waals surface area contributed by atoms with Gasteiger partial charge in [-0.15, -0.1) is 0 Å². The summed E-state index contributed by atoms with van der Waals surface area (Å²) in [6.07, 6.45) is 0. The van der Waals surface area contributed by atoms with E-state index in [0.29, 0.717) is 11.6 Å². The molecule has 1 rings (SSSR count). The molecule has 0 saturated heterocycles. The lowest BCUT2D eigenvalue weighted by Crippen LogP contribution is -2.42. The smallest absolute Gasteiger partial charge is 0.326 e. The van der Waals surface area contributed by atoms with E-state index in [-0.39, 0.29) is 24.7 Å². The molecule has 0 spiro atoms. The number of esters is 1. The zero-order valence-electron chi connectivity index (χ0n) is 11.8. The van der Waals surface area contributed by atoms with Crippen LogP contribution in [0.2, 0.25) is 5.02 Å². The summed E-state index contributed by atoms with van der Waals surface area (Å²) in [5.74, 6) is -0.455. The number of ether oxygens (including phenoxy) is 2. The highest BCUT2D eigenvalue weighted by Gasteiger charge is 2.22. The zero-order chi connectivity index (χ0) is 15.8. The van der Waals surface area contributed by atoms with E-state index in [1.165, 1.54) is 18.2 Å². The van der Waals surface area contributed by atoms with Gasteiger partial charge in [0.1, 0.15) is 12.6 Å². The number of nitrogens with zero attached hydrogens (tertiary/aromatic N) is 1. The van der Waals surface area contributed by atoms with Gasteiger partial charge in [0.15, 0.2) is 5.75 Å². The van der Waals surface area contributed by atoms with Crippen molar-refractivity contribution in [2.24, 2.45) is 0 Å². The predicted octanol–water partition coefficient (Wildman–Crippen LogP) is 2.17. The third-order valence-corrected chi connectivity index (χ3v) is 2.78. The molecule has 1 unspecified atom stereocenters. The van der Waals surface area contributed by atoms with Crippen molar-refractivity contribution in [1.29, 1.82) is 0 Å². The number of benzene rings is 1. The Morgan fingerprint density at radius 2 is 2.19 bits per heavy atom. The van der Waals surface area contributed by atoms with Crippen LogP contribution in [0.1, 0.15) is 13.8 Å². The van der Waals surface area contributed by atoms with Gasteiger partial charge in [-0.25, -0.2) is 0 Å². The number of nitrogens with one attached hydrogen (secondary N) is 1. The Hall–Kier alpha value is -1.86. The summed E-state index contributed by atoms with van der Waals surface area (Å²) >= 11 is 5.80. The Labute approximate surface area is 127 Å². The highest BCUT2D eigenvalue weighted by Crippen LogP contribution is 2.29. The summed E-state index contributed by atoms with van der Waals surface area (Å²) in [6, 6.07) is 3.30. The Bertz CT molecular complexity index is 509. The molecule has 0 bridgehead atoms. The van der Waals surface area contributed by atoms with Crippen LogP contribution in [0.15, 0.2) is 18.2 Å². The zero-order valence-corrected chi connectivity index (χ0v) is 12.6. The fraction of sp³-hybridized carbons (Fsp3) is 0.462. The fourth-order valence-electron chi connectivity index (χ4n) is 1.63. The molecular weight excluding hydrogens is 300 g/mol. The quantitative estimate of drug-likeness (QED) is 0.449. The van der Waals surface area contributed by atoms with Gasteiger partial charge in [0.2, 0.25) is 0 Å². The molecule has 1 N–H and O–H groups in total. The van der Waals surface area contributed by atoms with Crippen LogP contribution in [0.5, 0.6) is 5.75 Å². The van der Waals surface area contributed by atoms with Crippen LogP contribution < -0.4 is 10.1 Å². The molecule has 116 valence electrons. The molecule has 1 aromatic rings. The maximum atomic E-state index is 11.7. The standard InChI is InChI=1S/C13H17ClN2O5/c1-3-15-10(13(17)20-4-2)8-21-12-7-9(14)5-6-11(12)16(18)19/h5-7,10,15H,3-4,8H2,1-2H3. The maximum absolute atomic E-state index is 11.7. The monoisotopic (exact) mass is 316 g/mol. The second kappa shape index (κ2) is 8.43. The molecule has 0 saturated carbocycles. The molecule has 1 atom stereocenters. The Kier molecular flexibility index (Phi) is 6.90. The largest absolute Gasteiger partial charge is 0.484 e. The van der Waals surface area contributed by atoms with Crippen molar-refractivity contribution in [1.82, 2.24) is 5.32 Å². The summed E-state index contributed by atoms with van der Waals surface area (Å²) in [7, 11) is 0. The van der Waals surface area contributed by atoms with Crippen molar-refractivity contribution in [2.75, 3.05) is 19.8 Å². The lowest BCUT2D eigenvalue weighted by Gasteiger charge is -2.17. The second-order valence-electron chi connectivity index (χ2n) is 4.04. The average Bonchev–Trinajstić information content (AvgIpc) is 2.43. The first-order valence-corrected chi connectivity index (χ1v) is 6.84. The topological polar surface area (TPSA) is 90.7 Å². The van der Waals surface area contributed by atoms with E-state index < -0.39 is 16.9 Å². The normalized spacial score (nSPS) is 11.8. The Morgan fingerprint density at radius 1 is 1.48 bits per heavy atom. The summed E-state index contributed by atoms with van der Waals surface area (Å²) in [6.45, 7) is 4.22. The van der Waals surface area contributed by atoms with Gasteiger partial charge in [0.25, 0.3) is 0 Å². The van der Waals surface area contributed by atoms with Crippen molar-refractivity contribution in [2.45, 2.75) is 19.9 Å². The number of likely N-dealkylation sites (N-methyl/N-ethyl adjacent to an activating group) is 1.